The number of rotatable bonds is 5. The van der Waals surface area contributed by atoms with Gasteiger partial charge in [-0.15, -0.1) is 12.3 Å². The van der Waals surface area contributed by atoms with E-state index in [1.165, 1.54) is 0 Å². The molecule has 0 unspecified atom stereocenters. The third kappa shape index (κ3) is 6.84. The predicted octanol–water partition coefficient (Wildman–Crippen LogP) is -0.594. The van der Waals surface area contributed by atoms with E-state index in [-0.39, 0.29) is 12.5 Å². The number of nitrogens with two attached hydrogens (primary N) is 1. The summed E-state index contributed by atoms with van der Waals surface area (Å²) in [5, 5.41) is 2.58. The molecule has 62 valence electrons. The molecule has 0 aliphatic rings. The molecule has 4 nitrogen and oxygen atoms in total. The van der Waals surface area contributed by atoms with Crippen molar-refractivity contribution in [2.24, 2.45) is 5.90 Å². The molecule has 0 radical (unpaired) electrons. The molecule has 0 bridgehead atoms. The van der Waals surface area contributed by atoms with E-state index in [9.17, 15) is 4.79 Å². The van der Waals surface area contributed by atoms with E-state index in [1.807, 2.05) is 0 Å². The highest BCUT2D eigenvalue weighted by Crippen LogP contribution is 1.82. The Morgan fingerprint density at radius 2 is 2.45 bits per heavy atom. The lowest BCUT2D eigenvalue weighted by atomic mass is 10.3. The van der Waals surface area contributed by atoms with Crippen LogP contribution in [0.3, 0.4) is 0 Å². The van der Waals surface area contributed by atoms with Crippen molar-refractivity contribution >= 4 is 5.91 Å². The maximum atomic E-state index is 10.6. The van der Waals surface area contributed by atoms with Gasteiger partial charge in [-0.2, -0.15) is 0 Å². The summed E-state index contributed by atoms with van der Waals surface area (Å²) in [6.45, 7) is 0.475. The molecular weight excluding hydrogens is 144 g/mol. The zero-order chi connectivity index (χ0) is 8.53. The zero-order valence-electron chi connectivity index (χ0n) is 6.30. The van der Waals surface area contributed by atoms with Gasteiger partial charge < -0.3 is 5.32 Å². The monoisotopic (exact) mass is 156 g/mol. The van der Waals surface area contributed by atoms with Crippen LogP contribution in [0.5, 0.6) is 0 Å². The fourth-order valence-corrected chi connectivity index (χ4v) is 0.545. The van der Waals surface area contributed by atoms with Gasteiger partial charge in [-0.3, -0.25) is 9.63 Å². The molecule has 0 aromatic heterocycles. The quantitative estimate of drug-likeness (QED) is 0.317. The van der Waals surface area contributed by atoms with Crippen LogP contribution in [0.4, 0.5) is 0 Å². The van der Waals surface area contributed by atoms with Crippen LogP contribution in [-0.4, -0.2) is 19.1 Å². The fraction of sp³-hybridized carbons (Fsp3) is 0.571. The molecule has 3 N–H and O–H groups in total. The first-order chi connectivity index (χ1) is 5.31. The number of unbranched alkanes of at least 4 members (excludes halogenated alkanes) is 1. The first-order valence-electron chi connectivity index (χ1n) is 3.33. The number of carbonyl (C=O) groups excluding carboxylic acids is 1. The second-order valence-electron chi connectivity index (χ2n) is 1.97. The molecule has 0 atom stereocenters. The number of hydrogen-bond donors (Lipinski definition) is 2. The first-order valence-corrected chi connectivity index (χ1v) is 3.33. The second kappa shape index (κ2) is 7.06. The van der Waals surface area contributed by atoms with Gasteiger partial charge in [0.1, 0.15) is 6.61 Å². The van der Waals surface area contributed by atoms with Crippen molar-refractivity contribution in [1.29, 1.82) is 0 Å². The summed E-state index contributed by atoms with van der Waals surface area (Å²) in [4.78, 5) is 14.7. The SMILES string of the molecule is C#CCCCNC(=O)CON. The van der Waals surface area contributed by atoms with Crippen molar-refractivity contribution in [3.8, 4) is 12.3 Å². The highest BCUT2D eigenvalue weighted by molar-refractivity contribution is 5.77. The molecule has 0 heterocycles. The van der Waals surface area contributed by atoms with Crippen molar-refractivity contribution < 1.29 is 9.63 Å². The molecule has 0 rings (SSSR count). The summed E-state index contributed by atoms with van der Waals surface area (Å²) in [7, 11) is 0. The molecule has 0 saturated heterocycles. The van der Waals surface area contributed by atoms with Crippen LogP contribution >= 0.6 is 0 Å². The molecule has 0 aromatic carbocycles. The second-order valence-corrected chi connectivity index (χ2v) is 1.97. The smallest absolute Gasteiger partial charge is 0.248 e. The molecule has 0 aliphatic carbocycles. The number of nitrogens with one attached hydrogen (secondary N) is 1. The molecule has 11 heavy (non-hydrogen) atoms. The third-order valence-electron chi connectivity index (χ3n) is 1.03. The van der Waals surface area contributed by atoms with Gasteiger partial charge in [0.05, 0.1) is 0 Å². The number of hydrogen-bond acceptors (Lipinski definition) is 3. The summed E-state index contributed by atoms with van der Waals surface area (Å²) in [5.74, 6) is 6.91. The molecule has 0 aromatic rings. The maximum absolute atomic E-state index is 10.6. The van der Waals surface area contributed by atoms with Gasteiger partial charge >= 0.3 is 0 Å². The highest BCUT2D eigenvalue weighted by atomic mass is 16.6. The number of carbonyl (C=O) groups is 1. The predicted molar refractivity (Wildman–Crippen MR) is 41.2 cm³/mol. The largest absolute Gasteiger partial charge is 0.354 e. The van der Waals surface area contributed by atoms with E-state index in [1.54, 1.807) is 0 Å². The Labute approximate surface area is 66.0 Å². The van der Waals surface area contributed by atoms with Crippen molar-refractivity contribution in [3.63, 3.8) is 0 Å². The van der Waals surface area contributed by atoms with Crippen molar-refractivity contribution in [2.75, 3.05) is 13.2 Å². The standard InChI is InChI=1S/C7H12N2O2/c1-2-3-4-5-9-7(10)6-11-8/h1H,3-6,8H2,(H,9,10). The van der Waals surface area contributed by atoms with Gasteiger partial charge in [-0.1, -0.05) is 0 Å². The van der Waals surface area contributed by atoms with Crippen LogP contribution in [0.2, 0.25) is 0 Å². The van der Waals surface area contributed by atoms with Crippen LogP contribution in [0.25, 0.3) is 0 Å². The lowest BCUT2D eigenvalue weighted by molar-refractivity contribution is -0.125. The molecule has 0 spiro atoms. The van der Waals surface area contributed by atoms with E-state index >= 15 is 0 Å². The third-order valence-corrected chi connectivity index (χ3v) is 1.03. The molecule has 0 aliphatic heterocycles. The maximum Gasteiger partial charge on any atom is 0.248 e. The number of terminal acetylenes is 1. The van der Waals surface area contributed by atoms with Gasteiger partial charge in [-0.25, -0.2) is 5.90 Å². The van der Waals surface area contributed by atoms with Gasteiger partial charge in [-0.05, 0) is 6.42 Å². The molecule has 0 saturated carbocycles. The minimum atomic E-state index is -0.218. The summed E-state index contributed by atoms with van der Waals surface area (Å²) >= 11 is 0. The van der Waals surface area contributed by atoms with Crippen LogP contribution in [0.1, 0.15) is 12.8 Å². The molecule has 4 heteroatoms. The Morgan fingerprint density at radius 3 is 3.00 bits per heavy atom. The van der Waals surface area contributed by atoms with Crippen LogP contribution < -0.4 is 11.2 Å². The van der Waals surface area contributed by atoms with E-state index in [0.717, 1.165) is 6.42 Å². The fourth-order valence-electron chi connectivity index (χ4n) is 0.545. The van der Waals surface area contributed by atoms with E-state index in [4.69, 9.17) is 6.42 Å². The Morgan fingerprint density at radius 1 is 1.73 bits per heavy atom. The Balaban J connectivity index is 3.12. The van der Waals surface area contributed by atoms with Crippen LogP contribution in [0, 0.1) is 12.3 Å². The number of amides is 1. The summed E-state index contributed by atoms with van der Waals surface area (Å²) in [5.41, 5.74) is 0. The van der Waals surface area contributed by atoms with E-state index < -0.39 is 0 Å². The molecular formula is C7H12N2O2. The van der Waals surface area contributed by atoms with E-state index in [2.05, 4.69) is 22.0 Å². The summed E-state index contributed by atoms with van der Waals surface area (Å²) < 4.78 is 0. The van der Waals surface area contributed by atoms with Crippen LogP contribution in [0.15, 0.2) is 0 Å². The highest BCUT2D eigenvalue weighted by Gasteiger charge is 1.96. The first kappa shape index (κ1) is 9.95. The minimum absolute atomic E-state index is 0.101. The minimum Gasteiger partial charge on any atom is -0.354 e. The average Bonchev–Trinajstić information content (AvgIpc) is 1.99. The molecule has 1 amide bonds. The topological polar surface area (TPSA) is 64.3 Å². The van der Waals surface area contributed by atoms with Gasteiger partial charge in [0.15, 0.2) is 0 Å². The Kier molecular flexibility index (Phi) is 6.39. The zero-order valence-corrected chi connectivity index (χ0v) is 6.30. The lowest BCUT2D eigenvalue weighted by Gasteiger charge is -2.00. The summed E-state index contributed by atoms with van der Waals surface area (Å²) in [6.07, 6.45) is 6.45. The van der Waals surface area contributed by atoms with Gasteiger partial charge in [0.2, 0.25) is 5.91 Å². The van der Waals surface area contributed by atoms with Crippen molar-refractivity contribution in [3.05, 3.63) is 0 Å². The average molecular weight is 156 g/mol. The molecule has 0 fully saturated rings. The van der Waals surface area contributed by atoms with Crippen LogP contribution in [-0.2, 0) is 9.63 Å². The normalized spacial score (nSPS) is 8.73. The van der Waals surface area contributed by atoms with Gasteiger partial charge in [0.25, 0.3) is 0 Å². The van der Waals surface area contributed by atoms with Crippen molar-refractivity contribution in [2.45, 2.75) is 12.8 Å². The summed E-state index contributed by atoms with van der Waals surface area (Å²) in [6, 6.07) is 0. The van der Waals surface area contributed by atoms with Crippen molar-refractivity contribution in [1.82, 2.24) is 5.32 Å². The van der Waals surface area contributed by atoms with E-state index in [0.29, 0.717) is 13.0 Å². The lowest BCUT2D eigenvalue weighted by Crippen LogP contribution is -2.29. The Hall–Kier alpha value is -1.05. The van der Waals surface area contributed by atoms with Gasteiger partial charge in [0, 0.05) is 13.0 Å². The Bertz CT molecular complexity index is 151.